The number of nitrogens with zero attached hydrogens (tertiary/aromatic N) is 2. The molecule has 85 valence electrons. The second-order valence-electron chi connectivity index (χ2n) is 3.86. The average Bonchev–Trinajstić information content (AvgIpc) is 2.39. The summed E-state index contributed by atoms with van der Waals surface area (Å²) in [5, 5.41) is 0. The van der Waals surface area contributed by atoms with Crippen molar-refractivity contribution in [3.05, 3.63) is 30.1 Å². The van der Waals surface area contributed by atoms with Crippen LogP contribution in [-0.2, 0) is 4.74 Å². The molecule has 1 saturated heterocycles. The van der Waals surface area contributed by atoms with Crippen molar-refractivity contribution >= 4 is 5.91 Å². The van der Waals surface area contributed by atoms with E-state index < -0.39 is 0 Å². The van der Waals surface area contributed by atoms with Crippen molar-refractivity contribution in [2.24, 2.45) is 0 Å². The molecule has 1 aromatic heterocycles. The fourth-order valence-corrected chi connectivity index (χ4v) is 1.89. The van der Waals surface area contributed by atoms with Gasteiger partial charge in [-0.25, -0.2) is 0 Å². The molecule has 1 aromatic rings. The zero-order valence-electron chi connectivity index (χ0n) is 9.35. The molecule has 0 saturated carbocycles. The largest absolute Gasteiger partial charge is 0.381 e. The van der Waals surface area contributed by atoms with Crippen LogP contribution < -0.4 is 0 Å². The third-order valence-corrected chi connectivity index (χ3v) is 2.87. The molecule has 0 spiro atoms. The van der Waals surface area contributed by atoms with Gasteiger partial charge >= 0.3 is 0 Å². The Morgan fingerprint density at radius 1 is 1.56 bits per heavy atom. The number of amides is 1. The van der Waals surface area contributed by atoms with E-state index in [2.05, 4.69) is 11.1 Å². The third kappa shape index (κ3) is 2.39. The molecule has 0 unspecified atom stereocenters. The Morgan fingerprint density at radius 3 is 2.88 bits per heavy atom. The number of ether oxygens (including phenoxy) is 1. The first kappa shape index (κ1) is 11.1. The van der Waals surface area contributed by atoms with Crippen molar-refractivity contribution in [2.45, 2.75) is 18.9 Å². The minimum Gasteiger partial charge on any atom is -0.381 e. The molecule has 1 amide bonds. The average molecular weight is 219 g/mol. The van der Waals surface area contributed by atoms with E-state index in [0.717, 1.165) is 25.9 Å². The molecule has 4 nitrogen and oxygen atoms in total. The molecule has 0 bridgehead atoms. The molecule has 0 aromatic carbocycles. The topological polar surface area (TPSA) is 42.4 Å². The lowest BCUT2D eigenvalue weighted by Gasteiger charge is -2.30. The molecule has 16 heavy (non-hydrogen) atoms. The van der Waals surface area contributed by atoms with Crippen LogP contribution in [0.5, 0.6) is 0 Å². The summed E-state index contributed by atoms with van der Waals surface area (Å²) in [4.78, 5) is 17.8. The molecule has 1 aliphatic rings. The Morgan fingerprint density at radius 2 is 2.31 bits per heavy atom. The van der Waals surface area contributed by atoms with Gasteiger partial charge in [-0.3, -0.25) is 9.78 Å². The Kier molecular flexibility index (Phi) is 3.51. The van der Waals surface area contributed by atoms with Gasteiger partial charge in [0.1, 0.15) is 5.69 Å². The van der Waals surface area contributed by atoms with E-state index in [9.17, 15) is 4.79 Å². The monoisotopic (exact) mass is 219 g/mol. The van der Waals surface area contributed by atoms with E-state index in [-0.39, 0.29) is 12.0 Å². The van der Waals surface area contributed by atoms with Gasteiger partial charge in [0.2, 0.25) is 0 Å². The van der Waals surface area contributed by atoms with Crippen LogP contribution in [0.25, 0.3) is 0 Å². The summed E-state index contributed by atoms with van der Waals surface area (Å²) in [5.41, 5.74) is 0.401. The van der Waals surface area contributed by atoms with E-state index in [1.165, 1.54) is 0 Å². The maximum Gasteiger partial charge on any atom is 0.273 e. The van der Waals surface area contributed by atoms with Gasteiger partial charge in [-0.15, -0.1) is 0 Å². The number of rotatable bonds is 2. The van der Waals surface area contributed by atoms with Crippen LogP contribution in [0, 0.1) is 6.07 Å². The molecule has 0 aliphatic carbocycles. The van der Waals surface area contributed by atoms with Gasteiger partial charge in [0.15, 0.2) is 0 Å². The van der Waals surface area contributed by atoms with Crippen molar-refractivity contribution in [3.63, 3.8) is 0 Å². The zero-order valence-corrected chi connectivity index (χ0v) is 9.35. The van der Waals surface area contributed by atoms with Gasteiger partial charge in [-0.1, -0.05) is 6.07 Å². The highest BCUT2D eigenvalue weighted by Crippen LogP contribution is 2.14. The van der Waals surface area contributed by atoms with Crippen LogP contribution in [0.2, 0.25) is 0 Å². The standard InChI is InChI=1S/C12H15N2O2/c1-16-10-5-8-14(9-6-10)12(15)11-4-2-3-7-13-11/h2-3,7,10H,5-6,8-9H2,1H3. The van der Waals surface area contributed by atoms with Crippen LogP contribution in [0.3, 0.4) is 0 Å². The predicted molar refractivity (Wildman–Crippen MR) is 59.0 cm³/mol. The van der Waals surface area contributed by atoms with Crippen molar-refractivity contribution in [3.8, 4) is 0 Å². The molecule has 2 heterocycles. The number of carbonyl (C=O) groups is 1. The highest BCUT2D eigenvalue weighted by Gasteiger charge is 2.23. The molecule has 1 aliphatic heterocycles. The fraction of sp³-hybridized carbons (Fsp3) is 0.500. The number of piperidine rings is 1. The number of hydrogen-bond acceptors (Lipinski definition) is 3. The minimum absolute atomic E-state index is 0.0323. The van der Waals surface area contributed by atoms with Crippen molar-refractivity contribution in [2.75, 3.05) is 20.2 Å². The van der Waals surface area contributed by atoms with E-state index in [0.29, 0.717) is 5.69 Å². The number of likely N-dealkylation sites (tertiary alicyclic amines) is 1. The number of aromatic nitrogens is 1. The second-order valence-corrected chi connectivity index (χ2v) is 3.86. The van der Waals surface area contributed by atoms with Gasteiger partial charge in [-0.05, 0) is 18.9 Å². The highest BCUT2D eigenvalue weighted by atomic mass is 16.5. The highest BCUT2D eigenvalue weighted by molar-refractivity contribution is 5.92. The lowest BCUT2D eigenvalue weighted by Crippen LogP contribution is -2.40. The lowest BCUT2D eigenvalue weighted by atomic mass is 10.1. The van der Waals surface area contributed by atoms with Crippen LogP contribution in [0.15, 0.2) is 18.3 Å². The molecule has 1 radical (unpaired) electrons. The van der Waals surface area contributed by atoms with E-state index >= 15 is 0 Å². The van der Waals surface area contributed by atoms with Gasteiger partial charge in [0.25, 0.3) is 5.91 Å². The third-order valence-electron chi connectivity index (χ3n) is 2.87. The molecule has 4 heteroatoms. The van der Waals surface area contributed by atoms with Gasteiger partial charge in [0, 0.05) is 32.5 Å². The first-order chi connectivity index (χ1) is 7.81. The molecule has 0 atom stereocenters. The molecular formula is C12H15N2O2. The maximum atomic E-state index is 12.0. The van der Waals surface area contributed by atoms with Crippen molar-refractivity contribution in [1.82, 2.24) is 9.88 Å². The quantitative estimate of drug-likeness (QED) is 0.749. The lowest BCUT2D eigenvalue weighted by molar-refractivity contribution is 0.0347. The maximum absolute atomic E-state index is 12.0. The van der Waals surface area contributed by atoms with E-state index in [1.54, 1.807) is 25.4 Å². The number of methoxy groups -OCH3 is 1. The number of hydrogen-bond donors (Lipinski definition) is 0. The predicted octanol–water partition coefficient (Wildman–Crippen LogP) is 1.13. The Balaban J connectivity index is 1.97. The first-order valence-corrected chi connectivity index (χ1v) is 5.46. The van der Waals surface area contributed by atoms with E-state index in [4.69, 9.17) is 4.74 Å². The molecule has 0 N–H and O–H groups in total. The first-order valence-electron chi connectivity index (χ1n) is 5.46. The normalized spacial score (nSPS) is 17.4. The summed E-state index contributed by atoms with van der Waals surface area (Å²) in [7, 11) is 1.72. The summed E-state index contributed by atoms with van der Waals surface area (Å²) in [6.07, 6.45) is 3.70. The smallest absolute Gasteiger partial charge is 0.273 e. The van der Waals surface area contributed by atoms with E-state index in [1.807, 2.05) is 4.90 Å². The number of pyridine rings is 1. The summed E-state index contributed by atoms with van der Waals surface area (Å²) in [6.45, 7) is 1.48. The molecule has 2 rings (SSSR count). The summed E-state index contributed by atoms with van der Waals surface area (Å²) in [6, 6.07) is 6.33. The Hall–Kier alpha value is -1.42. The fourth-order valence-electron chi connectivity index (χ4n) is 1.89. The van der Waals surface area contributed by atoms with Crippen LogP contribution in [0.4, 0.5) is 0 Å². The summed E-state index contributed by atoms with van der Waals surface area (Å²) >= 11 is 0. The van der Waals surface area contributed by atoms with Crippen LogP contribution in [-0.4, -0.2) is 42.1 Å². The van der Waals surface area contributed by atoms with Gasteiger partial charge < -0.3 is 9.64 Å². The SMILES string of the molecule is COC1CCN(C(=O)c2[c]cccn2)CC1. The van der Waals surface area contributed by atoms with Crippen molar-refractivity contribution in [1.29, 1.82) is 0 Å². The summed E-state index contributed by atoms with van der Waals surface area (Å²) < 4.78 is 5.26. The van der Waals surface area contributed by atoms with Crippen LogP contribution >= 0.6 is 0 Å². The number of carbonyl (C=O) groups excluding carboxylic acids is 1. The van der Waals surface area contributed by atoms with Gasteiger partial charge in [-0.2, -0.15) is 0 Å². The minimum atomic E-state index is -0.0323. The summed E-state index contributed by atoms with van der Waals surface area (Å²) in [5.74, 6) is -0.0323. The van der Waals surface area contributed by atoms with Gasteiger partial charge in [0.05, 0.1) is 6.10 Å². The molecular weight excluding hydrogens is 204 g/mol. The zero-order chi connectivity index (χ0) is 11.4. The second kappa shape index (κ2) is 5.07. The van der Waals surface area contributed by atoms with Crippen LogP contribution in [0.1, 0.15) is 23.3 Å². The Labute approximate surface area is 95.2 Å². The molecule has 1 fully saturated rings. The Bertz CT molecular complexity index is 345. The van der Waals surface area contributed by atoms with Crippen molar-refractivity contribution < 1.29 is 9.53 Å².